The van der Waals surface area contributed by atoms with E-state index in [1.165, 1.54) is 6.92 Å². The van der Waals surface area contributed by atoms with Crippen LogP contribution in [0.15, 0.2) is 36.4 Å². The molecule has 8 heteroatoms. The molecule has 0 unspecified atom stereocenters. The van der Waals surface area contributed by atoms with Crippen LogP contribution in [0.25, 0.3) is 0 Å². The van der Waals surface area contributed by atoms with Crippen LogP contribution in [0.1, 0.15) is 38.8 Å². The summed E-state index contributed by atoms with van der Waals surface area (Å²) in [6.07, 6.45) is -0.785. The van der Waals surface area contributed by atoms with Crippen molar-refractivity contribution in [3.8, 4) is 11.5 Å². The van der Waals surface area contributed by atoms with Crippen molar-refractivity contribution in [3.63, 3.8) is 0 Å². The maximum Gasteiger partial charge on any atom is 0.216 e. The lowest BCUT2D eigenvalue weighted by atomic mass is 9.78. The highest BCUT2D eigenvalue weighted by molar-refractivity contribution is 6.37. The van der Waals surface area contributed by atoms with E-state index in [-0.39, 0.29) is 30.4 Å². The van der Waals surface area contributed by atoms with Gasteiger partial charge in [-0.05, 0) is 35.4 Å². The molecule has 176 valence electrons. The fraction of sp³-hybridized carbons (Fsp3) is 0.458. The summed E-state index contributed by atoms with van der Waals surface area (Å²) in [5.41, 5.74) is 1.61. The Morgan fingerprint density at radius 2 is 1.66 bits per heavy atom. The molecule has 0 bridgehead atoms. The van der Waals surface area contributed by atoms with E-state index in [1.807, 2.05) is 43.3 Å². The minimum atomic E-state index is -0.785. The zero-order chi connectivity index (χ0) is 23.9. The molecule has 2 aromatic rings. The number of hydrogen-bond acceptors (Lipinski definition) is 4. The van der Waals surface area contributed by atoms with Gasteiger partial charge < -0.3 is 19.9 Å². The Bertz CT molecular complexity index is 880. The summed E-state index contributed by atoms with van der Waals surface area (Å²) in [5.74, 6) is 1.58. The van der Waals surface area contributed by atoms with Crippen LogP contribution in [0, 0.1) is 5.92 Å². The predicted molar refractivity (Wildman–Crippen MR) is 131 cm³/mol. The molecule has 2 atom stereocenters. The molecule has 2 N–H and O–H groups in total. The maximum atomic E-state index is 10.9. The number of hydrogen-bond donors (Lipinski definition) is 2. The first-order valence-corrected chi connectivity index (χ1v) is 11.7. The lowest BCUT2D eigenvalue weighted by molar-refractivity contribution is -0.119. The van der Waals surface area contributed by atoms with Gasteiger partial charge in [-0.1, -0.05) is 56.1 Å². The van der Waals surface area contributed by atoms with E-state index in [1.54, 1.807) is 0 Å². The van der Waals surface area contributed by atoms with Crippen LogP contribution < -0.4 is 14.8 Å². The molecule has 0 aliphatic carbocycles. The number of halogens is 3. The summed E-state index contributed by atoms with van der Waals surface area (Å²) in [6, 6.07) is 11.4. The number of amides is 1. The van der Waals surface area contributed by atoms with Gasteiger partial charge in [0.2, 0.25) is 5.91 Å². The minimum absolute atomic E-state index is 0.0814. The number of benzene rings is 2. The van der Waals surface area contributed by atoms with E-state index < -0.39 is 6.10 Å². The van der Waals surface area contributed by atoms with Crippen molar-refractivity contribution in [2.24, 2.45) is 5.92 Å². The summed E-state index contributed by atoms with van der Waals surface area (Å²) in [7, 11) is 0. The second kappa shape index (κ2) is 12.0. The standard InChI is InChI=1S/C24H30Cl3NO4/c1-15(11-25)13-32-23-21(26)9-18(10-22(23)27)24(3,4)17-5-7-20(8-6-17)31-14-19(30)12-28-16(2)29/h5-10,15,19,30H,11-14H2,1-4H3,(H,28,29)/t15-,19+/m0/s1. The van der Waals surface area contributed by atoms with Gasteiger partial charge in [0.25, 0.3) is 0 Å². The first-order valence-electron chi connectivity index (χ1n) is 10.4. The first kappa shape index (κ1) is 26.6. The number of ether oxygens (including phenoxy) is 2. The highest BCUT2D eigenvalue weighted by Crippen LogP contribution is 2.40. The van der Waals surface area contributed by atoms with E-state index >= 15 is 0 Å². The maximum absolute atomic E-state index is 10.9. The lowest BCUT2D eigenvalue weighted by Crippen LogP contribution is -2.33. The number of rotatable bonds is 11. The summed E-state index contributed by atoms with van der Waals surface area (Å²) < 4.78 is 11.4. The van der Waals surface area contributed by atoms with Crippen molar-refractivity contribution in [1.29, 1.82) is 0 Å². The second-order valence-corrected chi connectivity index (χ2v) is 9.51. The summed E-state index contributed by atoms with van der Waals surface area (Å²) in [6.45, 7) is 8.22. The molecule has 5 nitrogen and oxygen atoms in total. The highest BCUT2D eigenvalue weighted by Gasteiger charge is 2.26. The normalized spacial score (nSPS) is 13.4. The molecule has 2 aromatic carbocycles. The van der Waals surface area contributed by atoms with Gasteiger partial charge in [-0.15, -0.1) is 11.6 Å². The van der Waals surface area contributed by atoms with Crippen molar-refractivity contribution in [3.05, 3.63) is 57.6 Å². The molecular weight excluding hydrogens is 473 g/mol. The molecule has 2 rings (SSSR count). The van der Waals surface area contributed by atoms with Crippen molar-refractivity contribution in [1.82, 2.24) is 5.32 Å². The topological polar surface area (TPSA) is 67.8 Å². The van der Waals surface area contributed by atoms with Crippen molar-refractivity contribution in [2.75, 3.05) is 25.6 Å². The van der Waals surface area contributed by atoms with Gasteiger partial charge in [0.1, 0.15) is 18.5 Å². The Balaban J connectivity index is 2.10. The molecule has 0 spiro atoms. The molecule has 0 aliphatic heterocycles. The fourth-order valence-electron chi connectivity index (χ4n) is 2.98. The molecule has 0 fully saturated rings. The van der Waals surface area contributed by atoms with Gasteiger partial charge >= 0.3 is 0 Å². The molecule has 0 heterocycles. The number of carbonyl (C=O) groups excluding carboxylic acids is 1. The minimum Gasteiger partial charge on any atom is -0.491 e. The van der Waals surface area contributed by atoms with Crippen LogP contribution in [0.4, 0.5) is 0 Å². The molecular formula is C24H30Cl3NO4. The zero-order valence-corrected chi connectivity index (χ0v) is 21.0. The van der Waals surface area contributed by atoms with Crippen molar-refractivity contribution < 1.29 is 19.4 Å². The van der Waals surface area contributed by atoms with Crippen LogP contribution in [-0.2, 0) is 10.2 Å². The monoisotopic (exact) mass is 501 g/mol. The number of aliphatic hydroxyl groups excluding tert-OH is 1. The Morgan fingerprint density at radius 1 is 1.06 bits per heavy atom. The molecule has 0 aliphatic rings. The van der Waals surface area contributed by atoms with Gasteiger partial charge in [0.05, 0.1) is 16.7 Å². The van der Waals surface area contributed by atoms with Crippen LogP contribution in [0.3, 0.4) is 0 Å². The zero-order valence-electron chi connectivity index (χ0n) is 18.8. The highest BCUT2D eigenvalue weighted by atomic mass is 35.5. The average molecular weight is 503 g/mol. The van der Waals surface area contributed by atoms with E-state index in [4.69, 9.17) is 44.3 Å². The number of aliphatic hydroxyl groups is 1. The van der Waals surface area contributed by atoms with E-state index in [9.17, 15) is 9.90 Å². The third-order valence-corrected chi connectivity index (χ3v) is 6.19. The van der Waals surface area contributed by atoms with Gasteiger partial charge in [-0.3, -0.25) is 4.79 Å². The van der Waals surface area contributed by atoms with E-state index in [2.05, 4.69) is 19.2 Å². The predicted octanol–water partition coefficient (Wildman–Crippen LogP) is 5.45. The third-order valence-electron chi connectivity index (χ3n) is 5.10. The summed E-state index contributed by atoms with van der Waals surface area (Å²) >= 11 is 18.8. The van der Waals surface area contributed by atoms with Crippen LogP contribution in [0.2, 0.25) is 10.0 Å². The van der Waals surface area contributed by atoms with E-state index in [0.29, 0.717) is 34.0 Å². The summed E-state index contributed by atoms with van der Waals surface area (Å²) in [4.78, 5) is 10.9. The van der Waals surface area contributed by atoms with Crippen LogP contribution in [0.5, 0.6) is 11.5 Å². The Hall–Kier alpha value is -1.66. The van der Waals surface area contributed by atoms with Crippen LogP contribution in [-0.4, -0.2) is 42.8 Å². The summed E-state index contributed by atoms with van der Waals surface area (Å²) in [5, 5.41) is 13.3. The molecule has 0 saturated carbocycles. The molecule has 0 saturated heterocycles. The fourth-order valence-corrected chi connectivity index (χ4v) is 3.66. The Labute approximate surface area is 205 Å². The Morgan fingerprint density at radius 3 is 2.19 bits per heavy atom. The second-order valence-electron chi connectivity index (χ2n) is 8.39. The van der Waals surface area contributed by atoms with Gasteiger partial charge in [0, 0.05) is 30.7 Å². The average Bonchev–Trinajstić information content (AvgIpc) is 2.75. The lowest BCUT2D eigenvalue weighted by Gasteiger charge is -2.27. The Kier molecular flexibility index (Phi) is 9.96. The molecule has 0 radical (unpaired) electrons. The smallest absolute Gasteiger partial charge is 0.216 e. The SMILES string of the molecule is CC(=O)NC[C@@H](O)COc1ccc(C(C)(C)c2cc(Cl)c(OC[C@@H](C)CCl)c(Cl)c2)cc1. The third kappa shape index (κ3) is 7.45. The van der Waals surface area contributed by atoms with Gasteiger partial charge in [-0.2, -0.15) is 0 Å². The molecule has 0 aromatic heterocycles. The number of nitrogens with one attached hydrogen (secondary N) is 1. The number of carbonyl (C=O) groups is 1. The van der Waals surface area contributed by atoms with Crippen LogP contribution >= 0.6 is 34.8 Å². The first-order chi connectivity index (χ1) is 15.0. The van der Waals surface area contributed by atoms with Gasteiger partial charge in [-0.25, -0.2) is 0 Å². The van der Waals surface area contributed by atoms with E-state index in [0.717, 1.165) is 11.1 Å². The van der Waals surface area contributed by atoms with Crippen molar-refractivity contribution in [2.45, 2.75) is 39.2 Å². The molecule has 1 amide bonds. The number of alkyl halides is 1. The van der Waals surface area contributed by atoms with Crippen molar-refractivity contribution >= 4 is 40.7 Å². The van der Waals surface area contributed by atoms with Gasteiger partial charge in [0.15, 0.2) is 5.75 Å². The quantitative estimate of drug-likeness (QED) is 0.401. The largest absolute Gasteiger partial charge is 0.491 e. The molecule has 32 heavy (non-hydrogen) atoms.